The predicted octanol–water partition coefficient (Wildman–Crippen LogP) is 4.67. The van der Waals surface area contributed by atoms with Gasteiger partial charge in [-0.3, -0.25) is 14.5 Å². The van der Waals surface area contributed by atoms with Gasteiger partial charge in [0.15, 0.2) is 12.4 Å². The predicted molar refractivity (Wildman–Crippen MR) is 158 cm³/mol. The number of rotatable bonds is 11. The number of aliphatic hydroxyl groups excluding tert-OH is 2. The summed E-state index contributed by atoms with van der Waals surface area (Å²) >= 11 is 0. The summed E-state index contributed by atoms with van der Waals surface area (Å²) in [6.45, 7) is 5.26. The van der Waals surface area contributed by atoms with Crippen LogP contribution in [0.15, 0.2) is 78.9 Å². The van der Waals surface area contributed by atoms with Crippen LogP contribution in [-0.2, 0) is 30.4 Å². The largest absolute Gasteiger partial charge is 0.453 e. The van der Waals surface area contributed by atoms with E-state index in [0.29, 0.717) is 18.7 Å². The maximum absolute atomic E-state index is 12.5. The van der Waals surface area contributed by atoms with E-state index >= 15 is 0 Å². The number of benzene rings is 3. The first kappa shape index (κ1) is 31.3. The van der Waals surface area contributed by atoms with Crippen molar-refractivity contribution in [2.45, 2.75) is 70.5 Å². The number of anilines is 1. The lowest BCUT2D eigenvalue weighted by molar-refractivity contribution is -0.253. The molecule has 0 saturated carbocycles. The van der Waals surface area contributed by atoms with Crippen LogP contribution in [0.5, 0.6) is 0 Å². The Hall–Kier alpha value is -3.60. The van der Waals surface area contributed by atoms with Crippen molar-refractivity contribution < 1.29 is 34.0 Å². The summed E-state index contributed by atoms with van der Waals surface area (Å²) < 4.78 is 17.9. The number of nitrogens with one attached hydrogen (secondary N) is 1. The van der Waals surface area contributed by atoms with Gasteiger partial charge in [0.2, 0.25) is 0 Å². The molecule has 0 radical (unpaired) electrons. The highest BCUT2D eigenvalue weighted by Gasteiger charge is 2.34. The number of hydrogen-bond donors (Lipinski definition) is 3. The van der Waals surface area contributed by atoms with E-state index in [2.05, 4.69) is 10.2 Å². The van der Waals surface area contributed by atoms with Gasteiger partial charge in [-0.1, -0.05) is 66.7 Å². The van der Waals surface area contributed by atoms with Gasteiger partial charge in [0, 0.05) is 37.2 Å². The molecule has 0 unspecified atom stereocenters. The standard InChI is InChI=1S/C33H40N2O7/c1-21(31(38)26-9-6-5-7-10-26)35(4)19-29-18-30(25-15-13-24(20-36)14-16-25)42-33(41-29)27-11-8-12-28(17-27)34-32(39)22(2)40-23(3)37/h5-17,21-22,29-31,33,36,38H,18-20H2,1-4H3,(H,34,39)/t21-,22-,29-,30+,31-,33+/m0/s1. The van der Waals surface area contributed by atoms with Gasteiger partial charge in [-0.25, -0.2) is 0 Å². The molecular weight excluding hydrogens is 536 g/mol. The Bertz CT molecular complexity index is 1320. The van der Waals surface area contributed by atoms with E-state index < -0.39 is 30.4 Å². The van der Waals surface area contributed by atoms with Gasteiger partial charge in [0.05, 0.1) is 24.9 Å². The molecule has 42 heavy (non-hydrogen) atoms. The Morgan fingerprint density at radius 3 is 2.38 bits per heavy atom. The molecule has 224 valence electrons. The van der Waals surface area contributed by atoms with Crippen LogP contribution in [0.4, 0.5) is 5.69 Å². The number of carbonyl (C=O) groups is 2. The summed E-state index contributed by atoms with van der Waals surface area (Å²) in [6, 6.07) is 24.3. The highest BCUT2D eigenvalue weighted by Crippen LogP contribution is 2.39. The normalized spacial score (nSPS) is 20.9. The number of likely N-dealkylation sites (N-methyl/N-ethyl adjacent to an activating group) is 1. The molecule has 0 aliphatic carbocycles. The van der Waals surface area contributed by atoms with E-state index in [1.807, 2.05) is 74.6 Å². The summed E-state index contributed by atoms with van der Waals surface area (Å²) in [5.41, 5.74) is 3.87. The van der Waals surface area contributed by atoms with E-state index in [1.165, 1.54) is 13.8 Å². The Balaban J connectivity index is 1.53. The van der Waals surface area contributed by atoms with E-state index in [-0.39, 0.29) is 24.9 Å². The SMILES string of the molecule is CC(=O)O[C@@H](C)C(=O)Nc1cccc([C@@H]2O[C@H](CN(C)[C@@H](C)[C@H](O)c3ccccc3)C[C@H](c3ccc(CO)cc3)O2)c1. The summed E-state index contributed by atoms with van der Waals surface area (Å²) in [7, 11) is 1.97. The molecule has 9 nitrogen and oxygen atoms in total. The van der Waals surface area contributed by atoms with Crippen LogP contribution < -0.4 is 5.32 Å². The second kappa shape index (κ2) is 14.5. The zero-order valence-electron chi connectivity index (χ0n) is 24.5. The van der Waals surface area contributed by atoms with Gasteiger partial charge >= 0.3 is 5.97 Å². The van der Waals surface area contributed by atoms with Gasteiger partial charge in [-0.15, -0.1) is 0 Å². The minimum absolute atomic E-state index is 0.0405. The van der Waals surface area contributed by atoms with Gasteiger partial charge in [0.1, 0.15) is 0 Å². The number of nitrogens with zero attached hydrogens (tertiary/aromatic N) is 1. The maximum Gasteiger partial charge on any atom is 0.303 e. The molecular formula is C33H40N2O7. The molecule has 0 spiro atoms. The van der Waals surface area contributed by atoms with Gasteiger partial charge in [0.25, 0.3) is 5.91 Å². The van der Waals surface area contributed by atoms with Crippen LogP contribution >= 0.6 is 0 Å². The van der Waals surface area contributed by atoms with Crippen LogP contribution in [0.25, 0.3) is 0 Å². The third kappa shape index (κ3) is 8.24. The Kier molecular flexibility index (Phi) is 10.8. The number of esters is 1. The number of hydrogen-bond acceptors (Lipinski definition) is 8. The maximum atomic E-state index is 12.5. The fourth-order valence-electron chi connectivity index (χ4n) is 5.00. The fraction of sp³-hybridized carbons (Fsp3) is 0.394. The van der Waals surface area contributed by atoms with Crippen LogP contribution in [-0.4, -0.2) is 58.8 Å². The van der Waals surface area contributed by atoms with Gasteiger partial charge in [-0.05, 0) is 49.7 Å². The Morgan fingerprint density at radius 1 is 1.00 bits per heavy atom. The molecule has 0 bridgehead atoms. The second-order valence-electron chi connectivity index (χ2n) is 10.8. The van der Waals surface area contributed by atoms with Crippen LogP contribution in [0, 0.1) is 0 Å². The number of amides is 1. The molecule has 9 heteroatoms. The third-order valence-electron chi connectivity index (χ3n) is 7.54. The summed E-state index contributed by atoms with van der Waals surface area (Å²) in [5.74, 6) is -0.977. The van der Waals surface area contributed by atoms with Crippen LogP contribution in [0.3, 0.4) is 0 Å². The number of carbonyl (C=O) groups excluding carboxylic acids is 2. The molecule has 1 fully saturated rings. The zero-order valence-corrected chi connectivity index (χ0v) is 24.5. The first-order chi connectivity index (χ1) is 20.1. The minimum atomic E-state index is -0.937. The van der Waals surface area contributed by atoms with Crippen molar-refractivity contribution in [3.8, 4) is 0 Å². The lowest BCUT2D eigenvalue weighted by Gasteiger charge is -2.39. The van der Waals surface area contributed by atoms with Crippen molar-refractivity contribution in [1.82, 2.24) is 4.90 Å². The molecule has 1 aliphatic heterocycles. The topological polar surface area (TPSA) is 118 Å². The summed E-state index contributed by atoms with van der Waals surface area (Å²) in [5, 5.41) is 23.3. The summed E-state index contributed by atoms with van der Waals surface area (Å²) in [6.07, 6.45) is -2.26. The monoisotopic (exact) mass is 576 g/mol. The molecule has 3 aromatic rings. The quantitative estimate of drug-likeness (QED) is 0.282. The third-order valence-corrected chi connectivity index (χ3v) is 7.54. The minimum Gasteiger partial charge on any atom is -0.453 e. The first-order valence-corrected chi connectivity index (χ1v) is 14.2. The average Bonchev–Trinajstić information content (AvgIpc) is 3.00. The molecule has 1 amide bonds. The van der Waals surface area contributed by atoms with Crippen molar-refractivity contribution in [2.75, 3.05) is 18.9 Å². The average molecular weight is 577 g/mol. The molecule has 3 aromatic carbocycles. The highest BCUT2D eigenvalue weighted by atomic mass is 16.7. The fourth-order valence-corrected chi connectivity index (χ4v) is 5.00. The van der Waals surface area contributed by atoms with Crippen molar-refractivity contribution in [3.05, 3.63) is 101 Å². The summed E-state index contributed by atoms with van der Waals surface area (Å²) in [4.78, 5) is 25.9. The van der Waals surface area contributed by atoms with E-state index in [9.17, 15) is 19.8 Å². The van der Waals surface area contributed by atoms with Gasteiger partial charge in [-0.2, -0.15) is 0 Å². The second-order valence-corrected chi connectivity index (χ2v) is 10.8. The smallest absolute Gasteiger partial charge is 0.303 e. The van der Waals surface area contributed by atoms with Crippen LogP contribution in [0.2, 0.25) is 0 Å². The Morgan fingerprint density at radius 2 is 1.71 bits per heavy atom. The van der Waals surface area contributed by atoms with Crippen molar-refractivity contribution in [2.24, 2.45) is 0 Å². The highest BCUT2D eigenvalue weighted by molar-refractivity contribution is 5.95. The molecule has 1 heterocycles. The molecule has 3 N–H and O–H groups in total. The van der Waals surface area contributed by atoms with E-state index in [4.69, 9.17) is 14.2 Å². The lowest BCUT2D eigenvalue weighted by Crippen LogP contribution is -2.43. The number of ether oxygens (including phenoxy) is 3. The van der Waals surface area contributed by atoms with Gasteiger partial charge < -0.3 is 29.7 Å². The molecule has 1 saturated heterocycles. The van der Waals surface area contributed by atoms with Crippen molar-refractivity contribution in [1.29, 1.82) is 0 Å². The number of aliphatic hydroxyl groups is 2. The molecule has 1 aliphatic rings. The lowest BCUT2D eigenvalue weighted by atomic mass is 9.98. The van der Waals surface area contributed by atoms with Crippen molar-refractivity contribution in [3.63, 3.8) is 0 Å². The Labute approximate surface area is 247 Å². The van der Waals surface area contributed by atoms with Crippen LogP contribution in [0.1, 0.15) is 67.9 Å². The zero-order chi connectivity index (χ0) is 30.2. The van der Waals surface area contributed by atoms with E-state index in [1.54, 1.807) is 18.2 Å². The molecule has 6 atom stereocenters. The molecule has 4 rings (SSSR count). The van der Waals surface area contributed by atoms with E-state index in [0.717, 1.165) is 22.3 Å². The molecule has 0 aromatic heterocycles. The van der Waals surface area contributed by atoms with Crippen molar-refractivity contribution >= 4 is 17.6 Å². The first-order valence-electron chi connectivity index (χ1n) is 14.2.